The summed E-state index contributed by atoms with van der Waals surface area (Å²) in [4.78, 5) is 4.43. The van der Waals surface area contributed by atoms with Crippen molar-refractivity contribution in [1.29, 1.82) is 0 Å². The van der Waals surface area contributed by atoms with Crippen molar-refractivity contribution in [3.8, 4) is 11.5 Å². The zero-order valence-electron chi connectivity index (χ0n) is 11.6. The van der Waals surface area contributed by atoms with Gasteiger partial charge in [0, 0.05) is 11.8 Å². The fourth-order valence-corrected chi connectivity index (χ4v) is 2.79. The van der Waals surface area contributed by atoms with E-state index >= 15 is 0 Å². The Kier molecular flexibility index (Phi) is 4.96. The summed E-state index contributed by atoms with van der Waals surface area (Å²) in [6.07, 6.45) is 0.939. The van der Waals surface area contributed by atoms with E-state index in [-0.39, 0.29) is 0 Å². The summed E-state index contributed by atoms with van der Waals surface area (Å²) in [5.74, 6) is 1.55. The standard InChI is InChI=1S/C14H20N2O2S/c1-10-9-16-14(19-10)15-7-6-11-4-5-12(17-2)13(8-11)18-3/h4-5,8,10H,6-7,9H2,1-3H3,(H,15,16). The van der Waals surface area contributed by atoms with Crippen LogP contribution >= 0.6 is 11.8 Å². The van der Waals surface area contributed by atoms with Crippen molar-refractivity contribution in [2.24, 2.45) is 4.99 Å². The van der Waals surface area contributed by atoms with E-state index in [4.69, 9.17) is 9.47 Å². The highest BCUT2D eigenvalue weighted by Crippen LogP contribution is 2.27. The second kappa shape index (κ2) is 6.70. The van der Waals surface area contributed by atoms with Gasteiger partial charge in [-0.2, -0.15) is 0 Å². The SMILES string of the molecule is COc1ccc(CCNC2=NCC(C)S2)cc1OC. The lowest BCUT2D eigenvalue weighted by Crippen LogP contribution is -2.22. The van der Waals surface area contributed by atoms with Gasteiger partial charge in [0.2, 0.25) is 0 Å². The van der Waals surface area contributed by atoms with Crippen LogP contribution in [0.3, 0.4) is 0 Å². The summed E-state index contributed by atoms with van der Waals surface area (Å²) in [5, 5.41) is 5.03. The maximum atomic E-state index is 5.30. The third-order valence-corrected chi connectivity index (χ3v) is 3.99. The monoisotopic (exact) mass is 280 g/mol. The maximum absolute atomic E-state index is 5.30. The van der Waals surface area contributed by atoms with Crippen LogP contribution in [0.25, 0.3) is 0 Å². The van der Waals surface area contributed by atoms with Gasteiger partial charge in [0.15, 0.2) is 16.7 Å². The van der Waals surface area contributed by atoms with Crippen molar-refractivity contribution in [3.63, 3.8) is 0 Å². The Morgan fingerprint density at radius 3 is 2.74 bits per heavy atom. The van der Waals surface area contributed by atoms with E-state index in [1.165, 1.54) is 5.56 Å². The zero-order valence-corrected chi connectivity index (χ0v) is 12.4. The molecular weight excluding hydrogens is 260 g/mol. The Bertz CT molecular complexity index is 463. The lowest BCUT2D eigenvalue weighted by molar-refractivity contribution is 0.354. The molecule has 0 saturated carbocycles. The van der Waals surface area contributed by atoms with Crippen molar-refractivity contribution < 1.29 is 9.47 Å². The van der Waals surface area contributed by atoms with Gasteiger partial charge >= 0.3 is 0 Å². The van der Waals surface area contributed by atoms with Gasteiger partial charge in [-0.3, -0.25) is 4.99 Å². The third kappa shape index (κ3) is 3.80. The lowest BCUT2D eigenvalue weighted by atomic mass is 10.1. The number of thioether (sulfide) groups is 1. The second-order valence-corrected chi connectivity index (χ2v) is 5.87. The van der Waals surface area contributed by atoms with Gasteiger partial charge in [-0.15, -0.1) is 0 Å². The van der Waals surface area contributed by atoms with E-state index in [0.717, 1.165) is 36.2 Å². The highest BCUT2D eigenvalue weighted by molar-refractivity contribution is 8.14. The van der Waals surface area contributed by atoms with Gasteiger partial charge in [-0.1, -0.05) is 24.8 Å². The van der Waals surface area contributed by atoms with Gasteiger partial charge in [0.1, 0.15) is 0 Å². The van der Waals surface area contributed by atoms with E-state index in [1.807, 2.05) is 23.9 Å². The molecule has 1 atom stereocenters. The number of methoxy groups -OCH3 is 2. The van der Waals surface area contributed by atoms with Crippen LogP contribution in [-0.2, 0) is 6.42 Å². The first-order chi connectivity index (χ1) is 9.22. The molecule has 4 nitrogen and oxygen atoms in total. The first kappa shape index (κ1) is 14.1. The van der Waals surface area contributed by atoms with Crippen molar-refractivity contribution in [2.45, 2.75) is 18.6 Å². The van der Waals surface area contributed by atoms with E-state index in [0.29, 0.717) is 5.25 Å². The number of benzene rings is 1. The van der Waals surface area contributed by atoms with Crippen LogP contribution in [0, 0.1) is 0 Å². The number of hydrogen-bond acceptors (Lipinski definition) is 5. The molecule has 0 radical (unpaired) electrons. The topological polar surface area (TPSA) is 42.8 Å². The average molecular weight is 280 g/mol. The molecule has 1 aromatic rings. The van der Waals surface area contributed by atoms with Crippen LogP contribution in [0.4, 0.5) is 0 Å². The molecule has 104 valence electrons. The van der Waals surface area contributed by atoms with Crippen molar-refractivity contribution in [2.75, 3.05) is 27.3 Å². The van der Waals surface area contributed by atoms with E-state index in [1.54, 1.807) is 14.2 Å². The van der Waals surface area contributed by atoms with Crippen molar-refractivity contribution in [3.05, 3.63) is 23.8 Å². The van der Waals surface area contributed by atoms with Crippen LogP contribution in [0.5, 0.6) is 11.5 Å². The normalized spacial score (nSPS) is 18.1. The molecular formula is C14H20N2O2S. The molecule has 1 aliphatic heterocycles. The minimum absolute atomic E-state index is 0.601. The van der Waals surface area contributed by atoms with E-state index in [2.05, 4.69) is 23.3 Å². The Hall–Kier alpha value is -1.36. The predicted octanol–water partition coefficient (Wildman–Crippen LogP) is 2.33. The Morgan fingerprint density at radius 1 is 1.32 bits per heavy atom. The predicted molar refractivity (Wildman–Crippen MR) is 80.6 cm³/mol. The number of hydrogen-bond donors (Lipinski definition) is 1. The fourth-order valence-electron chi connectivity index (χ4n) is 1.92. The minimum Gasteiger partial charge on any atom is -0.493 e. The number of amidine groups is 1. The number of rotatable bonds is 5. The molecule has 5 heteroatoms. The van der Waals surface area contributed by atoms with Gasteiger partial charge in [0.25, 0.3) is 0 Å². The first-order valence-corrected chi connectivity index (χ1v) is 7.26. The summed E-state index contributed by atoms with van der Waals surface area (Å²) in [5.41, 5.74) is 1.22. The first-order valence-electron chi connectivity index (χ1n) is 6.39. The molecule has 1 aliphatic rings. The number of ether oxygens (including phenoxy) is 2. The highest BCUT2D eigenvalue weighted by atomic mass is 32.2. The van der Waals surface area contributed by atoms with Crippen molar-refractivity contribution in [1.82, 2.24) is 5.32 Å². The van der Waals surface area contributed by atoms with Gasteiger partial charge in [-0.05, 0) is 24.1 Å². The van der Waals surface area contributed by atoms with Crippen LogP contribution in [0.15, 0.2) is 23.2 Å². The average Bonchev–Trinajstić information content (AvgIpc) is 2.84. The molecule has 1 aromatic carbocycles. The molecule has 0 amide bonds. The number of aliphatic imine (C=N–C) groups is 1. The number of nitrogens with one attached hydrogen (secondary N) is 1. The molecule has 0 spiro atoms. The smallest absolute Gasteiger partial charge is 0.160 e. The molecule has 1 heterocycles. The third-order valence-electron chi connectivity index (χ3n) is 2.94. The fraction of sp³-hybridized carbons (Fsp3) is 0.500. The van der Waals surface area contributed by atoms with E-state index in [9.17, 15) is 0 Å². The summed E-state index contributed by atoms with van der Waals surface area (Å²) in [7, 11) is 3.31. The summed E-state index contributed by atoms with van der Waals surface area (Å²) in [6, 6.07) is 6.03. The summed E-state index contributed by atoms with van der Waals surface area (Å²) < 4.78 is 10.5. The van der Waals surface area contributed by atoms with E-state index < -0.39 is 0 Å². The highest BCUT2D eigenvalue weighted by Gasteiger charge is 2.14. The Morgan fingerprint density at radius 2 is 2.11 bits per heavy atom. The van der Waals surface area contributed by atoms with Crippen LogP contribution in [0.1, 0.15) is 12.5 Å². The molecule has 0 fully saturated rings. The maximum Gasteiger partial charge on any atom is 0.160 e. The Labute approximate surface area is 118 Å². The second-order valence-electron chi connectivity index (χ2n) is 4.44. The molecule has 0 aliphatic carbocycles. The molecule has 1 N–H and O–H groups in total. The van der Waals surface area contributed by atoms with Gasteiger partial charge in [-0.25, -0.2) is 0 Å². The van der Waals surface area contributed by atoms with Crippen LogP contribution < -0.4 is 14.8 Å². The summed E-state index contributed by atoms with van der Waals surface area (Å²) >= 11 is 1.81. The molecule has 0 bridgehead atoms. The van der Waals surface area contributed by atoms with Gasteiger partial charge < -0.3 is 14.8 Å². The lowest BCUT2D eigenvalue weighted by Gasteiger charge is -2.10. The van der Waals surface area contributed by atoms with Crippen LogP contribution in [0.2, 0.25) is 0 Å². The molecule has 0 aromatic heterocycles. The van der Waals surface area contributed by atoms with Gasteiger partial charge in [0.05, 0.1) is 20.8 Å². The number of nitrogens with zero attached hydrogens (tertiary/aromatic N) is 1. The molecule has 1 unspecified atom stereocenters. The molecule has 19 heavy (non-hydrogen) atoms. The van der Waals surface area contributed by atoms with Crippen molar-refractivity contribution >= 4 is 16.9 Å². The molecule has 2 rings (SSSR count). The zero-order chi connectivity index (χ0) is 13.7. The quantitative estimate of drug-likeness (QED) is 0.899. The Balaban J connectivity index is 1.86. The summed E-state index contributed by atoms with van der Waals surface area (Å²) in [6.45, 7) is 3.99. The minimum atomic E-state index is 0.601. The largest absolute Gasteiger partial charge is 0.493 e. The molecule has 0 saturated heterocycles. The van der Waals surface area contributed by atoms with Crippen LogP contribution in [-0.4, -0.2) is 37.7 Å².